The summed E-state index contributed by atoms with van der Waals surface area (Å²) in [5, 5.41) is 3.67. The Kier molecular flexibility index (Phi) is 4.11. The van der Waals surface area contributed by atoms with Crippen LogP contribution < -0.4 is 5.32 Å². The third-order valence-corrected chi connectivity index (χ3v) is 4.04. The Labute approximate surface area is 105 Å². The summed E-state index contributed by atoms with van der Waals surface area (Å²) in [6.45, 7) is 10.5. The van der Waals surface area contributed by atoms with Crippen molar-refractivity contribution >= 4 is 0 Å². The van der Waals surface area contributed by atoms with Crippen LogP contribution in [0.15, 0.2) is 0 Å². The summed E-state index contributed by atoms with van der Waals surface area (Å²) >= 11 is 0. The highest BCUT2D eigenvalue weighted by Crippen LogP contribution is 2.34. The molecule has 0 aromatic heterocycles. The number of hydrogen-bond acceptors (Lipinski definition) is 3. The van der Waals surface area contributed by atoms with Crippen molar-refractivity contribution in [2.24, 2.45) is 5.41 Å². The summed E-state index contributed by atoms with van der Waals surface area (Å²) in [4.78, 5) is 0. The second-order valence-electron chi connectivity index (χ2n) is 6.63. The molecule has 1 unspecified atom stereocenters. The summed E-state index contributed by atoms with van der Waals surface area (Å²) < 4.78 is 11.6. The van der Waals surface area contributed by atoms with Gasteiger partial charge in [-0.2, -0.15) is 0 Å². The number of morpholine rings is 1. The van der Waals surface area contributed by atoms with Crippen molar-refractivity contribution in [2.45, 2.75) is 58.1 Å². The van der Waals surface area contributed by atoms with Gasteiger partial charge in [0.15, 0.2) is 0 Å². The molecule has 2 rings (SSSR count). The van der Waals surface area contributed by atoms with Gasteiger partial charge < -0.3 is 14.8 Å². The van der Waals surface area contributed by atoms with Crippen LogP contribution in [0.1, 0.15) is 46.5 Å². The van der Waals surface area contributed by atoms with E-state index in [1.165, 1.54) is 12.8 Å². The predicted molar refractivity (Wildman–Crippen MR) is 69.2 cm³/mol. The molecular weight excluding hydrogens is 214 g/mol. The molecule has 100 valence electrons. The Morgan fingerprint density at radius 1 is 1.18 bits per heavy atom. The standard InChI is InChI=1S/C14H27NO2/c1-13(2,3)5-4-12-14(17-11-8-15-12)6-9-16-10-7-14/h12,15H,4-11H2,1-3H3. The summed E-state index contributed by atoms with van der Waals surface area (Å²) in [5.74, 6) is 0. The molecule has 0 aromatic rings. The molecule has 3 nitrogen and oxygen atoms in total. The van der Waals surface area contributed by atoms with Gasteiger partial charge in [0.2, 0.25) is 0 Å². The van der Waals surface area contributed by atoms with Gasteiger partial charge in [-0.15, -0.1) is 0 Å². The van der Waals surface area contributed by atoms with Crippen molar-refractivity contribution in [1.82, 2.24) is 5.32 Å². The van der Waals surface area contributed by atoms with Crippen LogP contribution in [0.5, 0.6) is 0 Å². The van der Waals surface area contributed by atoms with E-state index in [9.17, 15) is 0 Å². The molecule has 0 amide bonds. The molecule has 3 heteroatoms. The molecule has 0 bridgehead atoms. The van der Waals surface area contributed by atoms with E-state index < -0.39 is 0 Å². The second-order valence-corrected chi connectivity index (χ2v) is 6.63. The van der Waals surface area contributed by atoms with E-state index in [1.54, 1.807) is 0 Å². The average Bonchev–Trinajstić information content (AvgIpc) is 2.28. The lowest BCUT2D eigenvalue weighted by atomic mass is 9.79. The van der Waals surface area contributed by atoms with Crippen molar-refractivity contribution in [2.75, 3.05) is 26.4 Å². The van der Waals surface area contributed by atoms with E-state index in [-0.39, 0.29) is 5.60 Å². The lowest BCUT2D eigenvalue weighted by molar-refractivity contribution is -0.150. The summed E-state index contributed by atoms with van der Waals surface area (Å²) in [6.07, 6.45) is 4.56. The van der Waals surface area contributed by atoms with Crippen LogP contribution in [-0.2, 0) is 9.47 Å². The molecule has 1 spiro atoms. The molecule has 2 aliphatic heterocycles. The largest absolute Gasteiger partial charge is 0.381 e. The number of rotatable bonds is 2. The van der Waals surface area contributed by atoms with E-state index >= 15 is 0 Å². The maximum absolute atomic E-state index is 6.14. The van der Waals surface area contributed by atoms with E-state index in [0.717, 1.165) is 39.2 Å². The Hall–Kier alpha value is -0.120. The summed E-state index contributed by atoms with van der Waals surface area (Å²) in [6, 6.07) is 0.513. The van der Waals surface area contributed by atoms with Gasteiger partial charge in [-0.1, -0.05) is 20.8 Å². The van der Waals surface area contributed by atoms with Gasteiger partial charge >= 0.3 is 0 Å². The first-order chi connectivity index (χ1) is 8.02. The first kappa shape index (κ1) is 13.3. The van der Waals surface area contributed by atoms with Gasteiger partial charge in [0.25, 0.3) is 0 Å². The highest BCUT2D eigenvalue weighted by Gasteiger charge is 2.43. The monoisotopic (exact) mass is 241 g/mol. The van der Waals surface area contributed by atoms with Gasteiger partial charge in [0.05, 0.1) is 12.2 Å². The summed E-state index contributed by atoms with van der Waals surface area (Å²) in [5.41, 5.74) is 0.466. The van der Waals surface area contributed by atoms with Crippen LogP contribution in [-0.4, -0.2) is 38.0 Å². The normalized spacial score (nSPS) is 29.5. The van der Waals surface area contributed by atoms with E-state index in [1.807, 2.05) is 0 Å². The Morgan fingerprint density at radius 3 is 2.53 bits per heavy atom. The molecule has 2 saturated heterocycles. The number of hydrogen-bond donors (Lipinski definition) is 1. The first-order valence-corrected chi connectivity index (χ1v) is 6.97. The molecule has 0 aliphatic carbocycles. The van der Waals surface area contributed by atoms with Gasteiger partial charge in [0.1, 0.15) is 0 Å². The number of ether oxygens (including phenoxy) is 2. The molecule has 1 N–H and O–H groups in total. The van der Waals surface area contributed by atoms with Crippen molar-refractivity contribution in [3.05, 3.63) is 0 Å². The molecule has 2 heterocycles. The molecular formula is C14H27NO2. The third-order valence-electron chi connectivity index (χ3n) is 4.04. The molecule has 0 aromatic carbocycles. The average molecular weight is 241 g/mol. The van der Waals surface area contributed by atoms with Gasteiger partial charge in [-0.05, 0) is 18.3 Å². The first-order valence-electron chi connectivity index (χ1n) is 6.97. The van der Waals surface area contributed by atoms with Crippen molar-refractivity contribution in [3.63, 3.8) is 0 Å². The predicted octanol–water partition coefficient (Wildman–Crippen LogP) is 2.35. The molecule has 0 saturated carbocycles. The van der Waals surface area contributed by atoms with Crippen LogP contribution >= 0.6 is 0 Å². The third kappa shape index (κ3) is 3.43. The molecule has 0 radical (unpaired) electrons. The minimum atomic E-state index is 0.0573. The fraction of sp³-hybridized carbons (Fsp3) is 1.00. The quantitative estimate of drug-likeness (QED) is 0.805. The minimum Gasteiger partial charge on any atom is -0.381 e. The van der Waals surface area contributed by atoms with E-state index in [0.29, 0.717) is 11.5 Å². The molecule has 1 atom stereocenters. The van der Waals surface area contributed by atoms with Crippen LogP contribution in [0.4, 0.5) is 0 Å². The summed E-state index contributed by atoms with van der Waals surface area (Å²) in [7, 11) is 0. The minimum absolute atomic E-state index is 0.0573. The lowest BCUT2D eigenvalue weighted by Gasteiger charge is -2.47. The molecule has 2 aliphatic rings. The van der Waals surface area contributed by atoms with Crippen LogP contribution in [0.25, 0.3) is 0 Å². The highest BCUT2D eigenvalue weighted by molar-refractivity contribution is 4.97. The SMILES string of the molecule is CC(C)(C)CCC1NCCOC12CCOCC2. The van der Waals surface area contributed by atoms with Crippen molar-refractivity contribution in [3.8, 4) is 0 Å². The second kappa shape index (κ2) is 5.25. The van der Waals surface area contributed by atoms with Crippen molar-refractivity contribution < 1.29 is 9.47 Å². The lowest BCUT2D eigenvalue weighted by Crippen LogP contribution is -2.60. The van der Waals surface area contributed by atoms with Gasteiger partial charge in [0, 0.05) is 38.6 Å². The van der Waals surface area contributed by atoms with Crippen LogP contribution in [0.3, 0.4) is 0 Å². The van der Waals surface area contributed by atoms with E-state index in [2.05, 4.69) is 26.1 Å². The topological polar surface area (TPSA) is 30.5 Å². The van der Waals surface area contributed by atoms with Crippen LogP contribution in [0, 0.1) is 5.41 Å². The zero-order chi connectivity index (χ0) is 12.4. The smallest absolute Gasteiger partial charge is 0.0879 e. The fourth-order valence-electron chi connectivity index (χ4n) is 2.93. The maximum Gasteiger partial charge on any atom is 0.0879 e. The Morgan fingerprint density at radius 2 is 1.88 bits per heavy atom. The van der Waals surface area contributed by atoms with Gasteiger partial charge in [-0.3, -0.25) is 0 Å². The number of nitrogens with one attached hydrogen (secondary N) is 1. The fourth-order valence-corrected chi connectivity index (χ4v) is 2.93. The Balaban J connectivity index is 1.96. The van der Waals surface area contributed by atoms with Crippen molar-refractivity contribution in [1.29, 1.82) is 0 Å². The highest BCUT2D eigenvalue weighted by atomic mass is 16.5. The zero-order valence-corrected chi connectivity index (χ0v) is 11.6. The molecule has 17 heavy (non-hydrogen) atoms. The maximum atomic E-state index is 6.14. The van der Waals surface area contributed by atoms with Gasteiger partial charge in [-0.25, -0.2) is 0 Å². The van der Waals surface area contributed by atoms with Crippen LogP contribution in [0.2, 0.25) is 0 Å². The zero-order valence-electron chi connectivity index (χ0n) is 11.6. The Bertz CT molecular complexity index is 233. The molecule has 2 fully saturated rings. The van der Waals surface area contributed by atoms with E-state index in [4.69, 9.17) is 9.47 Å².